The number of aryl methyl sites for hydroxylation is 1. The van der Waals surface area contributed by atoms with Crippen molar-refractivity contribution in [3.05, 3.63) is 86.8 Å². The predicted octanol–water partition coefficient (Wildman–Crippen LogP) is 3.40. The Morgan fingerprint density at radius 3 is 2.80 bits per heavy atom. The number of hydrogen-bond donors (Lipinski definition) is 2. The zero-order chi connectivity index (χ0) is 21.0. The van der Waals surface area contributed by atoms with Crippen LogP contribution in [-0.4, -0.2) is 16.1 Å². The standard InChI is InChI=1S/C22H16BrN5O2/c1-12-18-20(27-26-12)30-19(25)16(10-24)22(18)15-9-14(23)7-8-17(15)28(21(22)29)11-13-5-3-2-4-6-13/h2-9H,11,25H2,1H3,(H,26,27). The van der Waals surface area contributed by atoms with E-state index in [9.17, 15) is 10.1 Å². The van der Waals surface area contributed by atoms with E-state index in [1.54, 1.807) is 11.8 Å². The van der Waals surface area contributed by atoms with E-state index in [-0.39, 0.29) is 23.2 Å². The molecular weight excluding hydrogens is 446 g/mol. The number of anilines is 1. The molecule has 0 fully saturated rings. The largest absolute Gasteiger partial charge is 0.420 e. The lowest BCUT2D eigenvalue weighted by atomic mass is 9.69. The Balaban J connectivity index is 1.83. The van der Waals surface area contributed by atoms with E-state index < -0.39 is 5.41 Å². The summed E-state index contributed by atoms with van der Waals surface area (Å²) in [6, 6.07) is 17.5. The Morgan fingerprint density at radius 1 is 1.30 bits per heavy atom. The molecule has 7 nitrogen and oxygen atoms in total. The van der Waals surface area contributed by atoms with Gasteiger partial charge >= 0.3 is 0 Å². The molecule has 0 bridgehead atoms. The molecular formula is C22H16BrN5O2. The van der Waals surface area contributed by atoms with Crippen LogP contribution >= 0.6 is 15.9 Å². The van der Waals surface area contributed by atoms with Gasteiger partial charge in [-0.05, 0) is 30.7 Å². The molecule has 1 unspecified atom stereocenters. The van der Waals surface area contributed by atoms with Crippen LogP contribution in [0.2, 0.25) is 0 Å². The second-order valence-corrected chi connectivity index (χ2v) is 8.19. The van der Waals surface area contributed by atoms with Crippen LogP contribution in [0.1, 0.15) is 22.4 Å². The number of nitrogens with zero attached hydrogens (tertiary/aromatic N) is 3. The number of nitrogens with one attached hydrogen (secondary N) is 1. The number of benzene rings is 2. The predicted molar refractivity (Wildman–Crippen MR) is 113 cm³/mol. The number of carbonyl (C=O) groups excluding carboxylic acids is 1. The van der Waals surface area contributed by atoms with Crippen molar-refractivity contribution < 1.29 is 9.53 Å². The lowest BCUT2D eigenvalue weighted by Gasteiger charge is -2.32. The van der Waals surface area contributed by atoms with E-state index in [0.29, 0.717) is 23.4 Å². The van der Waals surface area contributed by atoms with Crippen molar-refractivity contribution in [2.75, 3.05) is 4.90 Å². The van der Waals surface area contributed by atoms with Crippen molar-refractivity contribution >= 4 is 27.5 Å². The molecule has 2 aromatic carbocycles. The summed E-state index contributed by atoms with van der Waals surface area (Å²) in [5.74, 6) is -0.157. The molecule has 0 radical (unpaired) electrons. The highest BCUT2D eigenvalue weighted by Gasteiger charge is 2.60. The van der Waals surface area contributed by atoms with Gasteiger partial charge in [-0.15, -0.1) is 5.10 Å². The van der Waals surface area contributed by atoms with Crippen molar-refractivity contribution in [2.24, 2.45) is 5.73 Å². The number of H-pyrrole nitrogens is 1. The highest BCUT2D eigenvalue weighted by atomic mass is 79.9. The van der Waals surface area contributed by atoms with Crippen LogP contribution in [0.15, 0.2) is 64.5 Å². The zero-order valence-corrected chi connectivity index (χ0v) is 17.5. The maximum Gasteiger partial charge on any atom is 0.248 e. The number of carbonyl (C=O) groups is 1. The molecule has 3 N–H and O–H groups in total. The molecule has 1 aromatic heterocycles. The second kappa shape index (κ2) is 6.47. The number of fused-ring (bicyclic) bond motifs is 4. The topological polar surface area (TPSA) is 108 Å². The lowest BCUT2D eigenvalue weighted by molar-refractivity contribution is -0.121. The van der Waals surface area contributed by atoms with Crippen molar-refractivity contribution in [1.82, 2.24) is 10.2 Å². The van der Waals surface area contributed by atoms with E-state index in [1.807, 2.05) is 48.5 Å². The molecule has 0 aliphatic carbocycles. The van der Waals surface area contributed by atoms with Crippen LogP contribution in [0.3, 0.4) is 0 Å². The van der Waals surface area contributed by atoms with Crippen LogP contribution in [0.4, 0.5) is 5.69 Å². The summed E-state index contributed by atoms with van der Waals surface area (Å²) in [5.41, 5.74) is 8.31. The van der Waals surface area contributed by atoms with Crippen LogP contribution in [0.25, 0.3) is 0 Å². The Morgan fingerprint density at radius 2 is 2.07 bits per heavy atom. The molecule has 0 saturated carbocycles. The first-order valence-corrected chi connectivity index (χ1v) is 10.1. The molecule has 2 aliphatic rings. The van der Waals surface area contributed by atoms with Gasteiger partial charge in [-0.25, -0.2) is 0 Å². The van der Waals surface area contributed by atoms with Gasteiger partial charge in [-0.1, -0.05) is 46.3 Å². The first-order chi connectivity index (χ1) is 14.5. The molecule has 2 aliphatic heterocycles. The number of rotatable bonds is 2. The van der Waals surface area contributed by atoms with Gasteiger partial charge in [-0.3, -0.25) is 9.89 Å². The summed E-state index contributed by atoms with van der Waals surface area (Å²) in [5, 5.41) is 17.1. The maximum atomic E-state index is 14.2. The molecule has 3 aromatic rings. The van der Waals surface area contributed by atoms with Crippen LogP contribution in [0, 0.1) is 18.3 Å². The van der Waals surface area contributed by atoms with E-state index in [4.69, 9.17) is 10.5 Å². The number of amides is 1. The summed E-state index contributed by atoms with van der Waals surface area (Å²) in [4.78, 5) is 15.9. The Bertz CT molecular complexity index is 1270. The van der Waals surface area contributed by atoms with Crippen LogP contribution in [0.5, 0.6) is 5.88 Å². The van der Waals surface area contributed by atoms with Crippen LogP contribution in [-0.2, 0) is 16.8 Å². The second-order valence-electron chi connectivity index (χ2n) is 7.27. The van der Waals surface area contributed by atoms with E-state index >= 15 is 0 Å². The third-order valence-corrected chi connectivity index (χ3v) is 6.12. The van der Waals surface area contributed by atoms with Gasteiger partial charge in [0.15, 0.2) is 0 Å². The highest BCUT2D eigenvalue weighted by Crippen LogP contribution is 2.56. The van der Waals surface area contributed by atoms with E-state index in [1.165, 1.54) is 0 Å². The smallest absolute Gasteiger partial charge is 0.248 e. The van der Waals surface area contributed by atoms with Gasteiger partial charge in [0.05, 0.1) is 12.1 Å². The normalized spacial score (nSPS) is 19.5. The minimum atomic E-state index is -1.42. The third-order valence-electron chi connectivity index (χ3n) is 5.63. The SMILES string of the molecule is Cc1[nH]nc2c1C1(C(=O)N(Cc3ccccc3)c3ccc(Br)cc31)C(C#N)=C(N)O2. The van der Waals surface area contributed by atoms with Gasteiger partial charge in [0.1, 0.15) is 17.1 Å². The number of nitriles is 1. The van der Waals surface area contributed by atoms with Gasteiger partial charge in [0.25, 0.3) is 0 Å². The van der Waals surface area contributed by atoms with E-state index in [2.05, 4.69) is 32.2 Å². The number of nitrogens with two attached hydrogens (primary N) is 1. The van der Waals surface area contributed by atoms with Crippen molar-refractivity contribution in [1.29, 1.82) is 5.26 Å². The van der Waals surface area contributed by atoms with Crippen molar-refractivity contribution in [2.45, 2.75) is 18.9 Å². The summed E-state index contributed by atoms with van der Waals surface area (Å²) >= 11 is 3.51. The maximum absolute atomic E-state index is 14.2. The van der Waals surface area contributed by atoms with Gasteiger partial charge in [0.2, 0.25) is 17.7 Å². The average molecular weight is 462 g/mol. The first-order valence-electron chi connectivity index (χ1n) is 9.28. The summed E-state index contributed by atoms with van der Waals surface area (Å²) in [6.07, 6.45) is 0. The number of hydrogen-bond acceptors (Lipinski definition) is 5. The fraction of sp³-hybridized carbons (Fsp3) is 0.136. The minimum Gasteiger partial charge on any atom is -0.420 e. The Labute approximate surface area is 180 Å². The number of ether oxygens (including phenoxy) is 1. The van der Waals surface area contributed by atoms with Gasteiger partial charge in [0, 0.05) is 21.4 Å². The lowest BCUT2D eigenvalue weighted by Crippen LogP contribution is -2.45. The molecule has 3 heterocycles. The third kappa shape index (κ3) is 2.30. The first kappa shape index (κ1) is 18.5. The van der Waals surface area contributed by atoms with Crippen molar-refractivity contribution in [3.8, 4) is 11.9 Å². The van der Waals surface area contributed by atoms with Gasteiger partial charge < -0.3 is 15.4 Å². The monoisotopic (exact) mass is 461 g/mol. The Kier molecular flexibility index (Phi) is 3.98. The quantitative estimate of drug-likeness (QED) is 0.607. The molecule has 1 spiro atoms. The number of aromatic nitrogens is 2. The average Bonchev–Trinajstić information content (AvgIpc) is 3.21. The summed E-state index contributed by atoms with van der Waals surface area (Å²) < 4.78 is 6.39. The fourth-order valence-corrected chi connectivity index (χ4v) is 4.76. The molecule has 30 heavy (non-hydrogen) atoms. The van der Waals surface area contributed by atoms with Gasteiger partial charge in [-0.2, -0.15) is 5.26 Å². The molecule has 1 atom stereocenters. The van der Waals surface area contributed by atoms with Crippen LogP contribution < -0.4 is 15.4 Å². The fourth-order valence-electron chi connectivity index (χ4n) is 4.40. The number of aromatic amines is 1. The Hall–Kier alpha value is -3.57. The summed E-state index contributed by atoms with van der Waals surface area (Å²) in [7, 11) is 0. The number of halogens is 1. The highest BCUT2D eigenvalue weighted by molar-refractivity contribution is 9.10. The molecule has 0 saturated heterocycles. The minimum absolute atomic E-state index is 0.0689. The molecule has 1 amide bonds. The summed E-state index contributed by atoms with van der Waals surface area (Å²) in [6.45, 7) is 2.17. The van der Waals surface area contributed by atoms with Crippen molar-refractivity contribution in [3.63, 3.8) is 0 Å². The molecule has 5 rings (SSSR count). The molecule has 8 heteroatoms. The van der Waals surface area contributed by atoms with E-state index in [0.717, 1.165) is 15.7 Å². The zero-order valence-electron chi connectivity index (χ0n) is 15.9. The molecule has 148 valence electrons.